The standard InChI is InChI=1S/C18H19ClFNO2/c1-3-17(23-16-10-6-14(19)7-11-16)18(22)21-12(2)13-4-8-15(20)9-5-13/h4-12,17H,3H2,1-2H3,(H,21,22)/t12-,17-/m1/s1. The molecule has 5 heteroatoms. The lowest BCUT2D eigenvalue weighted by Gasteiger charge is -2.21. The summed E-state index contributed by atoms with van der Waals surface area (Å²) < 4.78 is 18.7. The number of halogens is 2. The fourth-order valence-electron chi connectivity index (χ4n) is 2.14. The van der Waals surface area contributed by atoms with Gasteiger partial charge in [0.15, 0.2) is 6.10 Å². The van der Waals surface area contributed by atoms with Crippen LogP contribution in [0.3, 0.4) is 0 Å². The summed E-state index contributed by atoms with van der Waals surface area (Å²) in [5.74, 6) is 0.0786. The Labute approximate surface area is 140 Å². The summed E-state index contributed by atoms with van der Waals surface area (Å²) in [4.78, 5) is 12.4. The summed E-state index contributed by atoms with van der Waals surface area (Å²) in [6, 6.07) is 12.7. The highest BCUT2D eigenvalue weighted by atomic mass is 35.5. The van der Waals surface area contributed by atoms with E-state index in [0.717, 1.165) is 5.56 Å². The largest absolute Gasteiger partial charge is 0.481 e. The first kappa shape index (κ1) is 17.3. The molecule has 23 heavy (non-hydrogen) atoms. The molecule has 122 valence electrons. The maximum absolute atomic E-state index is 12.9. The molecule has 2 atom stereocenters. The highest BCUT2D eigenvalue weighted by Crippen LogP contribution is 2.19. The third kappa shape index (κ3) is 4.96. The van der Waals surface area contributed by atoms with E-state index >= 15 is 0 Å². The Morgan fingerprint density at radius 2 is 1.78 bits per heavy atom. The van der Waals surface area contributed by atoms with Crippen molar-refractivity contribution < 1.29 is 13.9 Å². The zero-order valence-corrected chi connectivity index (χ0v) is 13.8. The van der Waals surface area contributed by atoms with E-state index < -0.39 is 6.10 Å². The first-order valence-corrected chi connectivity index (χ1v) is 7.85. The molecule has 0 aliphatic heterocycles. The molecule has 3 nitrogen and oxygen atoms in total. The molecular formula is C18H19ClFNO2. The lowest BCUT2D eigenvalue weighted by Crippen LogP contribution is -2.39. The minimum absolute atomic E-state index is 0.209. The van der Waals surface area contributed by atoms with Crippen LogP contribution in [0.15, 0.2) is 48.5 Å². The molecule has 0 aromatic heterocycles. The summed E-state index contributed by atoms with van der Waals surface area (Å²) in [5, 5.41) is 3.50. The summed E-state index contributed by atoms with van der Waals surface area (Å²) >= 11 is 5.83. The summed E-state index contributed by atoms with van der Waals surface area (Å²) in [7, 11) is 0. The molecule has 1 amide bonds. The summed E-state index contributed by atoms with van der Waals surface area (Å²) in [5.41, 5.74) is 0.834. The van der Waals surface area contributed by atoms with Crippen LogP contribution in [0.1, 0.15) is 31.9 Å². The number of carbonyl (C=O) groups is 1. The Balaban J connectivity index is 1.99. The van der Waals surface area contributed by atoms with E-state index in [-0.39, 0.29) is 17.8 Å². The topological polar surface area (TPSA) is 38.3 Å². The SMILES string of the molecule is CC[C@@H](Oc1ccc(Cl)cc1)C(=O)N[C@H](C)c1ccc(F)cc1. The molecule has 0 bridgehead atoms. The highest BCUT2D eigenvalue weighted by Gasteiger charge is 2.20. The minimum Gasteiger partial charge on any atom is -0.481 e. The first-order chi connectivity index (χ1) is 11.0. The van der Waals surface area contributed by atoms with Gasteiger partial charge in [0.1, 0.15) is 11.6 Å². The zero-order chi connectivity index (χ0) is 16.8. The van der Waals surface area contributed by atoms with Crippen LogP contribution in [0.2, 0.25) is 5.02 Å². The fourth-order valence-corrected chi connectivity index (χ4v) is 2.27. The van der Waals surface area contributed by atoms with Crippen LogP contribution < -0.4 is 10.1 Å². The van der Waals surface area contributed by atoms with Crippen LogP contribution in [-0.4, -0.2) is 12.0 Å². The van der Waals surface area contributed by atoms with E-state index in [2.05, 4.69) is 5.32 Å². The van der Waals surface area contributed by atoms with Crippen molar-refractivity contribution in [3.8, 4) is 5.75 Å². The second kappa shape index (κ2) is 7.97. The van der Waals surface area contributed by atoms with Gasteiger partial charge in [-0.25, -0.2) is 4.39 Å². The van der Waals surface area contributed by atoms with Gasteiger partial charge in [-0.3, -0.25) is 4.79 Å². The zero-order valence-electron chi connectivity index (χ0n) is 13.1. The first-order valence-electron chi connectivity index (χ1n) is 7.47. The third-order valence-electron chi connectivity index (χ3n) is 3.48. The van der Waals surface area contributed by atoms with Crippen LogP contribution in [0.4, 0.5) is 4.39 Å². The van der Waals surface area contributed by atoms with Crippen molar-refractivity contribution in [3.63, 3.8) is 0 Å². The third-order valence-corrected chi connectivity index (χ3v) is 3.74. The molecule has 0 aliphatic carbocycles. The van der Waals surface area contributed by atoms with Crippen molar-refractivity contribution in [2.45, 2.75) is 32.4 Å². The Morgan fingerprint density at radius 1 is 1.17 bits per heavy atom. The number of rotatable bonds is 6. The van der Waals surface area contributed by atoms with Crippen LogP contribution in [0.25, 0.3) is 0 Å². The monoisotopic (exact) mass is 335 g/mol. The molecule has 0 spiro atoms. The Hall–Kier alpha value is -2.07. The molecule has 0 heterocycles. The van der Waals surface area contributed by atoms with E-state index in [0.29, 0.717) is 17.2 Å². The number of hydrogen-bond acceptors (Lipinski definition) is 2. The average molecular weight is 336 g/mol. The average Bonchev–Trinajstić information content (AvgIpc) is 2.54. The fraction of sp³-hybridized carbons (Fsp3) is 0.278. The van der Waals surface area contributed by atoms with Gasteiger partial charge in [0, 0.05) is 5.02 Å². The number of ether oxygens (including phenoxy) is 1. The molecule has 0 radical (unpaired) electrons. The molecule has 1 N–H and O–H groups in total. The van der Waals surface area contributed by atoms with Crippen molar-refractivity contribution in [2.75, 3.05) is 0 Å². The summed E-state index contributed by atoms with van der Waals surface area (Å²) in [6.45, 7) is 3.73. The van der Waals surface area contributed by atoms with Crippen molar-refractivity contribution in [1.29, 1.82) is 0 Å². The molecule has 0 saturated heterocycles. The molecular weight excluding hydrogens is 317 g/mol. The molecule has 0 aliphatic rings. The predicted molar refractivity (Wildman–Crippen MR) is 89.1 cm³/mol. The van der Waals surface area contributed by atoms with Gasteiger partial charge in [0.05, 0.1) is 6.04 Å². The van der Waals surface area contributed by atoms with E-state index in [1.54, 1.807) is 36.4 Å². The highest BCUT2D eigenvalue weighted by molar-refractivity contribution is 6.30. The maximum Gasteiger partial charge on any atom is 0.261 e. The second-order valence-corrected chi connectivity index (χ2v) is 5.69. The van der Waals surface area contributed by atoms with Crippen LogP contribution in [-0.2, 0) is 4.79 Å². The number of nitrogens with one attached hydrogen (secondary N) is 1. The molecule has 0 unspecified atom stereocenters. The minimum atomic E-state index is -0.598. The molecule has 2 rings (SSSR count). The van der Waals surface area contributed by atoms with Crippen LogP contribution in [0.5, 0.6) is 5.75 Å². The molecule has 0 saturated carbocycles. The van der Waals surface area contributed by atoms with Gasteiger partial charge in [-0.15, -0.1) is 0 Å². The van der Waals surface area contributed by atoms with Gasteiger partial charge in [-0.05, 0) is 55.3 Å². The second-order valence-electron chi connectivity index (χ2n) is 5.25. The normalized spacial score (nSPS) is 13.2. The maximum atomic E-state index is 12.9. The lowest BCUT2D eigenvalue weighted by atomic mass is 10.1. The Bertz CT molecular complexity index is 643. The molecule has 0 fully saturated rings. The number of amides is 1. The van der Waals surface area contributed by atoms with Crippen LogP contribution in [0, 0.1) is 5.82 Å². The van der Waals surface area contributed by atoms with Gasteiger partial charge in [0.2, 0.25) is 0 Å². The van der Waals surface area contributed by atoms with Gasteiger partial charge >= 0.3 is 0 Å². The van der Waals surface area contributed by atoms with Gasteiger partial charge in [-0.1, -0.05) is 30.7 Å². The molecule has 2 aromatic rings. The smallest absolute Gasteiger partial charge is 0.261 e. The quantitative estimate of drug-likeness (QED) is 0.843. The van der Waals surface area contributed by atoms with E-state index in [4.69, 9.17) is 16.3 Å². The van der Waals surface area contributed by atoms with Gasteiger partial charge < -0.3 is 10.1 Å². The Morgan fingerprint density at radius 3 is 2.35 bits per heavy atom. The number of benzene rings is 2. The van der Waals surface area contributed by atoms with Crippen molar-refractivity contribution in [2.24, 2.45) is 0 Å². The number of carbonyl (C=O) groups excluding carboxylic acids is 1. The van der Waals surface area contributed by atoms with E-state index in [9.17, 15) is 9.18 Å². The molecule has 2 aromatic carbocycles. The van der Waals surface area contributed by atoms with Crippen molar-refractivity contribution >= 4 is 17.5 Å². The van der Waals surface area contributed by atoms with E-state index in [1.807, 2.05) is 13.8 Å². The summed E-state index contributed by atoms with van der Waals surface area (Å²) in [6.07, 6.45) is -0.0657. The van der Waals surface area contributed by atoms with Crippen LogP contribution >= 0.6 is 11.6 Å². The van der Waals surface area contributed by atoms with Gasteiger partial charge in [-0.2, -0.15) is 0 Å². The Kier molecular flexibility index (Phi) is 5.99. The predicted octanol–water partition coefficient (Wildman–Crippen LogP) is 4.51. The van der Waals surface area contributed by atoms with Crippen molar-refractivity contribution in [1.82, 2.24) is 5.32 Å². The van der Waals surface area contributed by atoms with Gasteiger partial charge in [0.25, 0.3) is 5.91 Å². The lowest BCUT2D eigenvalue weighted by molar-refractivity contribution is -0.128. The number of hydrogen-bond donors (Lipinski definition) is 1. The van der Waals surface area contributed by atoms with Crippen molar-refractivity contribution in [3.05, 3.63) is 64.9 Å². The van der Waals surface area contributed by atoms with E-state index in [1.165, 1.54) is 12.1 Å².